The molecule has 172 valence electrons. The number of ether oxygens (including phenoxy) is 2. The summed E-state index contributed by atoms with van der Waals surface area (Å²) >= 11 is 0. The lowest BCUT2D eigenvalue weighted by Crippen LogP contribution is -2.50. The van der Waals surface area contributed by atoms with Crippen molar-refractivity contribution in [3.05, 3.63) is 65.2 Å². The Morgan fingerprint density at radius 3 is 2.69 bits per heavy atom. The molecule has 1 fully saturated rings. The van der Waals surface area contributed by atoms with Crippen LogP contribution in [-0.4, -0.2) is 43.0 Å². The molecule has 32 heavy (non-hydrogen) atoms. The SMILES string of the molecule is CCc1ccc2c(c1)[C@@H](NC[C@@H](O)[C@@H](NC(=O)COC)c1ccccc1)CC1(CCC1)O2. The predicted molar refractivity (Wildman–Crippen MR) is 124 cm³/mol. The standard InChI is InChI=1S/C26H34N2O4/c1-3-18-10-11-23-20(14-18)21(15-26(32-23)12-7-13-26)27-16-22(29)25(28-24(30)17-31-2)19-8-5-4-6-9-19/h4-6,8-11,14,21-22,25,27,29H,3,7,12-13,15-17H2,1-2H3,(H,28,30)/t21-,22+,25-/m0/s1. The summed E-state index contributed by atoms with van der Waals surface area (Å²) in [5.74, 6) is 0.700. The first kappa shape index (κ1) is 22.8. The number of carbonyl (C=O) groups excluding carboxylic acids is 1. The maximum absolute atomic E-state index is 12.2. The Morgan fingerprint density at radius 2 is 2.03 bits per heavy atom. The number of nitrogens with one attached hydrogen (secondary N) is 2. The Hall–Kier alpha value is -2.41. The number of aliphatic hydroxyl groups is 1. The first-order chi connectivity index (χ1) is 15.5. The predicted octanol–water partition coefficient (Wildman–Crippen LogP) is 3.45. The van der Waals surface area contributed by atoms with Crippen molar-refractivity contribution in [3.63, 3.8) is 0 Å². The highest BCUT2D eigenvalue weighted by molar-refractivity contribution is 5.77. The van der Waals surface area contributed by atoms with E-state index in [0.29, 0.717) is 6.54 Å². The number of benzene rings is 2. The lowest BCUT2D eigenvalue weighted by atomic mass is 9.72. The van der Waals surface area contributed by atoms with Crippen molar-refractivity contribution in [1.29, 1.82) is 0 Å². The van der Waals surface area contributed by atoms with Gasteiger partial charge in [-0.15, -0.1) is 0 Å². The molecule has 0 radical (unpaired) electrons. The van der Waals surface area contributed by atoms with Crippen LogP contribution in [0.5, 0.6) is 5.75 Å². The van der Waals surface area contributed by atoms with E-state index in [1.54, 1.807) is 0 Å². The molecule has 2 aliphatic rings. The summed E-state index contributed by atoms with van der Waals surface area (Å²) in [6.45, 7) is 2.46. The van der Waals surface area contributed by atoms with Crippen LogP contribution in [0.4, 0.5) is 0 Å². The summed E-state index contributed by atoms with van der Waals surface area (Å²) < 4.78 is 11.4. The van der Waals surface area contributed by atoms with Crippen LogP contribution in [0.15, 0.2) is 48.5 Å². The molecule has 1 heterocycles. The van der Waals surface area contributed by atoms with E-state index in [4.69, 9.17) is 9.47 Å². The van der Waals surface area contributed by atoms with Gasteiger partial charge in [-0.1, -0.05) is 49.4 Å². The largest absolute Gasteiger partial charge is 0.487 e. The summed E-state index contributed by atoms with van der Waals surface area (Å²) in [6.07, 6.45) is 4.40. The number of hydrogen-bond acceptors (Lipinski definition) is 5. The van der Waals surface area contributed by atoms with Gasteiger partial charge in [0.25, 0.3) is 0 Å². The maximum atomic E-state index is 12.2. The fraction of sp³-hybridized carbons (Fsp3) is 0.500. The molecule has 1 amide bonds. The first-order valence-corrected chi connectivity index (χ1v) is 11.6. The Kier molecular flexibility index (Phi) is 7.13. The number of methoxy groups -OCH3 is 1. The zero-order chi connectivity index (χ0) is 22.6. The second-order valence-electron chi connectivity index (χ2n) is 8.99. The highest BCUT2D eigenvalue weighted by Gasteiger charge is 2.45. The third kappa shape index (κ3) is 4.98. The lowest BCUT2D eigenvalue weighted by Gasteiger charge is -2.48. The molecule has 6 heteroatoms. The van der Waals surface area contributed by atoms with Crippen LogP contribution in [0.1, 0.15) is 61.4 Å². The van der Waals surface area contributed by atoms with Crippen molar-refractivity contribution in [2.24, 2.45) is 0 Å². The van der Waals surface area contributed by atoms with Crippen LogP contribution >= 0.6 is 0 Å². The minimum atomic E-state index is -0.795. The molecule has 3 N–H and O–H groups in total. The van der Waals surface area contributed by atoms with Crippen LogP contribution in [0, 0.1) is 0 Å². The molecular formula is C26H34N2O4. The molecule has 2 aromatic rings. The Bertz CT molecular complexity index is 913. The molecule has 6 nitrogen and oxygen atoms in total. The van der Waals surface area contributed by atoms with Gasteiger partial charge < -0.3 is 25.2 Å². The fourth-order valence-electron chi connectivity index (χ4n) is 4.79. The molecule has 1 aliphatic carbocycles. The molecule has 2 aromatic carbocycles. The number of aliphatic hydroxyl groups excluding tert-OH is 1. The summed E-state index contributed by atoms with van der Waals surface area (Å²) in [5.41, 5.74) is 3.21. The minimum absolute atomic E-state index is 0.0425. The van der Waals surface area contributed by atoms with Crippen molar-refractivity contribution in [2.45, 2.75) is 62.8 Å². The van der Waals surface area contributed by atoms with Gasteiger partial charge in [0.05, 0.1) is 12.1 Å². The average molecular weight is 439 g/mol. The summed E-state index contributed by atoms with van der Waals surface area (Å²) in [4.78, 5) is 12.2. The number of fused-ring (bicyclic) bond motifs is 1. The zero-order valence-electron chi connectivity index (χ0n) is 19.0. The molecule has 1 aliphatic heterocycles. The molecule has 3 atom stereocenters. The van der Waals surface area contributed by atoms with E-state index in [2.05, 4.69) is 35.8 Å². The highest BCUT2D eigenvalue weighted by Crippen LogP contribution is 2.49. The van der Waals surface area contributed by atoms with Gasteiger partial charge in [0.1, 0.15) is 18.0 Å². The zero-order valence-corrected chi connectivity index (χ0v) is 19.0. The topological polar surface area (TPSA) is 79.8 Å². The molecule has 4 rings (SSSR count). The second-order valence-corrected chi connectivity index (χ2v) is 8.99. The van der Waals surface area contributed by atoms with Gasteiger partial charge in [0.15, 0.2) is 0 Å². The van der Waals surface area contributed by atoms with E-state index in [-0.39, 0.29) is 24.2 Å². The van der Waals surface area contributed by atoms with Gasteiger partial charge in [0.2, 0.25) is 5.91 Å². The van der Waals surface area contributed by atoms with E-state index < -0.39 is 12.1 Å². The van der Waals surface area contributed by atoms with Crippen LogP contribution in [-0.2, 0) is 16.0 Å². The van der Waals surface area contributed by atoms with Gasteiger partial charge in [-0.2, -0.15) is 0 Å². The average Bonchev–Trinajstić information content (AvgIpc) is 2.80. The highest BCUT2D eigenvalue weighted by atomic mass is 16.5. The minimum Gasteiger partial charge on any atom is -0.487 e. The van der Waals surface area contributed by atoms with Gasteiger partial charge in [-0.05, 0) is 42.9 Å². The van der Waals surface area contributed by atoms with E-state index in [1.807, 2.05) is 30.3 Å². The van der Waals surface area contributed by atoms with Crippen molar-refractivity contribution in [2.75, 3.05) is 20.3 Å². The van der Waals surface area contributed by atoms with Crippen LogP contribution in [0.2, 0.25) is 0 Å². The molecular weight excluding hydrogens is 404 g/mol. The second kappa shape index (κ2) is 10.0. The third-order valence-electron chi connectivity index (χ3n) is 6.73. The van der Waals surface area contributed by atoms with Gasteiger partial charge in [-0.3, -0.25) is 4.79 Å². The van der Waals surface area contributed by atoms with E-state index in [9.17, 15) is 9.90 Å². The summed E-state index contributed by atoms with van der Waals surface area (Å²) in [5, 5.41) is 17.6. The summed E-state index contributed by atoms with van der Waals surface area (Å²) in [7, 11) is 1.48. The smallest absolute Gasteiger partial charge is 0.246 e. The molecule has 0 bridgehead atoms. The molecule has 0 aromatic heterocycles. The van der Waals surface area contributed by atoms with Crippen molar-refractivity contribution >= 4 is 5.91 Å². The van der Waals surface area contributed by atoms with Crippen LogP contribution in [0.3, 0.4) is 0 Å². The third-order valence-corrected chi connectivity index (χ3v) is 6.73. The number of carbonyl (C=O) groups is 1. The quantitative estimate of drug-likeness (QED) is 0.559. The van der Waals surface area contributed by atoms with Crippen molar-refractivity contribution in [3.8, 4) is 5.75 Å². The summed E-state index contributed by atoms with van der Waals surface area (Å²) in [6, 6.07) is 15.6. The number of aryl methyl sites for hydroxylation is 1. The van der Waals surface area contributed by atoms with Gasteiger partial charge in [-0.25, -0.2) is 0 Å². The number of amides is 1. The Balaban J connectivity index is 1.51. The molecule has 1 spiro atoms. The lowest BCUT2D eigenvalue weighted by molar-refractivity contribution is -0.126. The first-order valence-electron chi connectivity index (χ1n) is 11.6. The van der Waals surface area contributed by atoms with E-state index in [0.717, 1.165) is 42.6 Å². The Morgan fingerprint density at radius 1 is 1.25 bits per heavy atom. The maximum Gasteiger partial charge on any atom is 0.246 e. The van der Waals surface area contributed by atoms with Crippen molar-refractivity contribution < 1.29 is 19.4 Å². The van der Waals surface area contributed by atoms with Gasteiger partial charge >= 0.3 is 0 Å². The number of rotatable bonds is 9. The van der Waals surface area contributed by atoms with Crippen molar-refractivity contribution in [1.82, 2.24) is 10.6 Å². The molecule has 1 saturated carbocycles. The molecule has 0 saturated heterocycles. The van der Waals surface area contributed by atoms with Crippen LogP contribution in [0.25, 0.3) is 0 Å². The van der Waals surface area contributed by atoms with E-state index in [1.165, 1.54) is 19.1 Å². The monoisotopic (exact) mass is 438 g/mol. The Labute approximate surface area is 190 Å². The number of hydrogen-bond donors (Lipinski definition) is 3. The fourth-order valence-corrected chi connectivity index (χ4v) is 4.79. The van der Waals surface area contributed by atoms with Crippen LogP contribution < -0.4 is 15.4 Å². The van der Waals surface area contributed by atoms with E-state index >= 15 is 0 Å². The molecule has 0 unspecified atom stereocenters. The normalized spacial score (nSPS) is 20.5. The van der Waals surface area contributed by atoms with Gasteiger partial charge in [0, 0.05) is 31.7 Å².